The number of thiophene rings is 1. The summed E-state index contributed by atoms with van der Waals surface area (Å²) in [5.74, 6) is 0. The highest BCUT2D eigenvalue weighted by Crippen LogP contribution is 2.33. The van der Waals surface area contributed by atoms with Crippen molar-refractivity contribution in [3.8, 4) is 10.4 Å². The van der Waals surface area contributed by atoms with E-state index in [1.165, 1.54) is 28.2 Å². The molecule has 0 aliphatic rings. The van der Waals surface area contributed by atoms with Gasteiger partial charge >= 0.3 is 0 Å². The number of nitrogens with one attached hydrogen (secondary N) is 1. The van der Waals surface area contributed by atoms with Crippen molar-refractivity contribution in [3.63, 3.8) is 0 Å². The molecule has 96 valence electrons. The van der Waals surface area contributed by atoms with Crippen molar-refractivity contribution in [3.05, 3.63) is 46.3 Å². The molecule has 1 aromatic carbocycles. The molecule has 0 fully saturated rings. The smallest absolute Gasteiger partial charge is 0.0412 e. The number of rotatable bonds is 5. The van der Waals surface area contributed by atoms with E-state index in [2.05, 4.69) is 36.5 Å². The van der Waals surface area contributed by atoms with Gasteiger partial charge in [-0.15, -0.1) is 11.3 Å². The zero-order valence-corrected chi connectivity index (χ0v) is 12.3. The normalized spacial score (nSPS) is 12.6. The Morgan fingerprint density at radius 3 is 2.50 bits per heavy atom. The first-order valence-electron chi connectivity index (χ1n) is 6.27. The third-order valence-electron chi connectivity index (χ3n) is 3.02. The lowest BCUT2D eigenvalue weighted by atomic mass is 10.1. The summed E-state index contributed by atoms with van der Waals surface area (Å²) in [7, 11) is 2.03. The van der Waals surface area contributed by atoms with Gasteiger partial charge in [-0.1, -0.05) is 37.1 Å². The average molecular weight is 280 g/mol. The molecule has 1 aromatic heterocycles. The zero-order valence-electron chi connectivity index (χ0n) is 10.7. The molecule has 2 aromatic rings. The Hall–Kier alpha value is -0.830. The van der Waals surface area contributed by atoms with E-state index < -0.39 is 0 Å². The second-order valence-electron chi connectivity index (χ2n) is 4.34. The van der Waals surface area contributed by atoms with E-state index in [1.807, 2.05) is 30.5 Å². The Kier molecular flexibility index (Phi) is 4.81. The van der Waals surface area contributed by atoms with Crippen LogP contribution in [0.15, 0.2) is 36.4 Å². The average Bonchev–Trinajstić information content (AvgIpc) is 2.86. The number of hydrogen-bond acceptors (Lipinski definition) is 2. The van der Waals surface area contributed by atoms with Crippen LogP contribution in [0.1, 0.15) is 30.7 Å². The van der Waals surface area contributed by atoms with Crippen LogP contribution in [0.2, 0.25) is 5.02 Å². The highest BCUT2D eigenvalue weighted by Gasteiger charge is 2.11. The summed E-state index contributed by atoms with van der Waals surface area (Å²) in [6, 6.07) is 12.9. The maximum Gasteiger partial charge on any atom is 0.0412 e. The first kappa shape index (κ1) is 13.6. The third-order valence-corrected chi connectivity index (χ3v) is 4.52. The Morgan fingerprint density at radius 2 is 1.89 bits per heavy atom. The van der Waals surface area contributed by atoms with Crippen LogP contribution < -0.4 is 5.32 Å². The minimum Gasteiger partial charge on any atom is -0.312 e. The molecule has 2 rings (SSSR count). The van der Waals surface area contributed by atoms with Gasteiger partial charge in [0.25, 0.3) is 0 Å². The standard InChI is InChI=1S/C15H18ClNS/c1-3-4-13(17-2)15-10-9-14(18-15)11-5-7-12(16)8-6-11/h5-10,13,17H,3-4H2,1-2H3. The first-order chi connectivity index (χ1) is 8.74. The van der Waals surface area contributed by atoms with Crippen LogP contribution in [0.4, 0.5) is 0 Å². The molecule has 18 heavy (non-hydrogen) atoms. The summed E-state index contributed by atoms with van der Waals surface area (Å²) in [6.45, 7) is 2.22. The highest BCUT2D eigenvalue weighted by molar-refractivity contribution is 7.15. The largest absolute Gasteiger partial charge is 0.312 e. The molecular formula is C15H18ClNS. The van der Waals surface area contributed by atoms with Gasteiger partial charge in [-0.3, -0.25) is 0 Å². The molecule has 1 heterocycles. The molecule has 1 nitrogen and oxygen atoms in total. The van der Waals surface area contributed by atoms with Gasteiger partial charge in [0.2, 0.25) is 0 Å². The van der Waals surface area contributed by atoms with Crippen molar-refractivity contribution in [2.24, 2.45) is 0 Å². The highest BCUT2D eigenvalue weighted by atomic mass is 35.5. The minimum absolute atomic E-state index is 0.473. The predicted molar refractivity (Wildman–Crippen MR) is 81.5 cm³/mol. The Balaban J connectivity index is 2.21. The van der Waals surface area contributed by atoms with E-state index in [0.717, 1.165) is 5.02 Å². The van der Waals surface area contributed by atoms with Crippen LogP contribution in [-0.4, -0.2) is 7.05 Å². The third kappa shape index (κ3) is 3.14. The van der Waals surface area contributed by atoms with Crippen molar-refractivity contribution in [2.45, 2.75) is 25.8 Å². The van der Waals surface area contributed by atoms with Gasteiger partial charge in [-0.05, 0) is 43.3 Å². The van der Waals surface area contributed by atoms with E-state index >= 15 is 0 Å². The van der Waals surface area contributed by atoms with Gasteiger partial charge in [0, 0.05) is 20.8 Å². The maximum absolute atomic E-state index is 5.91. The molecule has 3 heteroatoms. The molecule has 0 amide bonds. The fraction of sp³-hybridized carbons (Fsp3) is 0.333. The van der Waals surface area contributed by atoms with Crippen LogP contribution in [0.5, 0.6) is 0 Å². The van der Waals surface area contributed by atoms with Gasteiger partial charge in [-0.25, -0.2) is 0 Å². The topological polar surface area (TPSA) is 12.0 Å². The lowest BCUT2D eigenvalue weighted by Crippen LogP contribution is -2.14. The lowest BCUT2D eigenvalue weighted by molar-refractivity contribution is 0.550. The monoisotopic (exact) mass is 279 g/mol. The lowest BCUT2D eigenvalue weighted by Gasteiger charge is -2.12. The second-order valence-corrected chi connectivity index (χ2v) is 5.89. The molecule has 0 aliphatic heterocycles. The molecule has 1 unspecified atom stereocenters. The van der Waals surface area contributed by atoms with Crippen molar-refractivity contribution < 1.29 is 0 Å². The number of benzene rings is 1. The maximum atomic E-state index is 5.91. The summed E-state index contributed by atoms with van der Waals surface area (Å²) in [5.41, 5.74) is 1.24. The molecule has 0 saturated carbocycles. The van der Waals surface area contributed by atoms with Gasteiger partial charge < -0.3 is 5.32 Å². The molecule has 0 radical (unpaired) electrons. The number of hydrogen-bond donors (Lipinski definition) is 1. The SMILES string of the molecule is CCCC(NC)c1ccc(-c2ccc(Cl)cc2)s1. The molecule has 0 bridgehead atoms. The van der Waals surface area contributed by atoms with Gasteiger partial charge in [0.15, 0.2) is 0 Å². The summed E-state index contributed by atoms with van der Waals surface area (Å²) < 4.78 is 0. The molecular weight excluding hydrogens is 262 g/mol. The fourth-order valence-electron chi connectivity index (χ4n) is 2.03. The van der Waals surface area contributed by atoms with Gasteiger partial charge in [-0.2, -0.15) is 0 Å². The molecule has 1 N–H and O–H groups in total. The molecule has 0 saturated heterocycles. The summed E-state index contributed by atoms with van der Waals surface area (Å²) >= 11 is 7.77. The van der Waals surface area contributed by atoms with Crippen LogP contribution in [0.25, 0.3) is 10.4 Å². The van der Waals surface area contributed by atoms with E-state index in [9.17, 15) is 0 Å². The van der Waals surface area contributed by atoms with Crippen molar-refractivity contribution in [2.75, 3.05) is 7.05 Å². The van der Waals surface area contributed by atoms with E-state index in [1.54, 1.807) is 0 Å². The van der Waals surface area contributed by atoms with E-state index in [4.69, 9.17) is 11.6 Å². The van der Waals surface area contributed by atoms with Crippen LogP contribution >= 0.6 is 22.9 Å². The van der Waals surface area contributed by atoms with Crippen LogP contribution in [0, 0.1) is 0 Å². The summed E-state index contributed by atoms with van der Waals surface area (Å²) in [4.78, 5) is 2.71. The van der Waals surface area contributed by atoms with Crippen LogP contribution in [0.3, 0.4) is 0 Å². The van der Waals surface area contributed by atoms with Crippen molar-refractivity contribution in [1.29, 1.82) is 0 Å². The Labute approximate surface area is 118 Å². The summed E-state index contributed by atoms with van der Waals surface area (Å²) in [6.07, 6.45) is 2.37. The van der Waals surface area contributed by atoms with Gasteiger partial charge in [0.1, 0.15) is 0 Å². The molecule has 1 atom stereocenters. The van der Waals surface area contributed by atoms with Gasteiger partial charge in [0.05, 0.1) is 0 Å². The molecule has 0 aliphatic carbocycles. The molecule has 0 spiro atoms. The predicted octanol–water partition coefficient (Wildman–Crippen LogP) is 5.13. The fourth-order valence-corrected chi connectivity index (χ4v) is 3.31. The quantitative estimate of drug-likeness (QED) is 0.800. The Morgan fingerprint density at radius 1 is 1.17 bits per heavy atom. The van der Waals surface area contributed by atoms with E-state index in [0.29, 0.717) is 6.04 Å². The first-order valence-corrected chi connectivity index (χ1v) is 7.47. The zero-order chi connectivity index (χ0) is 13.0. The van der Waals surface area contributed by atoms with Crippen molar-refractivity contribution >= 4 is 22.9 Å². The van der Waals surface area contributed by atoms with Crippen molar-refractivity contribution in [1.82, 2.24) is 5.32 Å². The minimum atomic E-state index is 0.473. The Bertz CT molecular complexity index is 489. The second kappa shape index (κ2) is 6.37. The van der Waals surface area contributed by atoms with Crippen LogP contribution in [-0.2, 0) is 0 Å². The number of halogens is 1. The van der Waals surface area contributed by atoms with E-state index in [-0.39, 0.29) is 0 Å². The summed E-state index contributed by atoms with van der Waals surface area (Å²) in [5, 5.41) is 4.17.